The van der Waals surface area contributed by atoms with Gasteiger partial charge in [-0.25, -0.2) is 0 Å². The first-order chi connectivity index (χ1) is 7.25. The Bertz CT molecular complexity index is 189. The second kappa shape index (κ2) is 5.31. The van der Waals surface area contributed by atoms with E-state index in [1.807, 2.05) is 0 Å². The number of rotatable bonds is 2. The lowest BCUT2D eigenvalue weighted by atomic mass is 9.80. The van der Waals surface area contributed by atoms with E-state index in [2.05, 4.69) is 19.2 Å². The third-order valence-electron chi connectivity index (χ3n) is 4.19. The van der Waals surface area contributed by atoms with Crippen molar-refractivity contribution in [1.29, 1.82) is 0 Å². The minimum atomic E-state index is 0.490. The third-order valence-corrected chi connectivity index (χ3v) is 4.19. The maximum atomic E-state index is 6.19. The fourth-order valence-electron chi connectivity index (χ4n) is 2.83. The van der Waals surface area contributed by atoms with E-state index in [0.717, 1.165) is 18.4 Å². The van der Waals surface area contributed by atoms with E-state index in [1.165, 1.54) is 38.6 Å². The predicted octanol–water partition coefficient (Wildman–Crippen LogP) is 2.58. The molecule has 2 nitrogen and oxygen atoms in total. The summed E-state index contributed by atoms with van der Waals surface area (Å²) in [5.41, 5.74) is 0. The predicted molar refractivity (Wildman–Crippen MR) is 62.9 cm³/mol. The summed E-state index contributed by atoms with van der Waals surface area (Å²) in [7, 11) is 0. The van der Waals surface area contributed by atoms with Crippen LogP contribution in [0.1, 0.15) is 46.0 Å². The molecular weight excluding hydrogens is 186 g/mol. The zero-order chi connectivity index (χ0) is 10.7. The van der Waals surface area contributed by atoms with Crippen molar-refractivity contribution in [2.45, 2.75) is 58.2 Å². The van der Waals surface area contributed by atoms with Gasteiger partial charge in [0.05, 0.1) is 12.2 Å². The molecule has 0 radical (unpaired) electrons. The van der Waals surface area contributed by atoms with Crippen LogP contribution in [0.25, 0.3) is 0 Å². The molecule has 2 heteroatoms. The van der Waals surface area contributed by atoms with Crippen LogP contribution in [-0.4, -0.2) is 25.3 Å². The molecule has 1 heterocycles. The number of nitrogens with one attached hydrogen (secondary N) is 1. The van der Waals surface area contributed by atoms with Crippen LogP contribution in [0.5, 0.6) is 0 Å². The Kier molecular flexibility index (Phi) is 4.04. The van der Waals surface area contributed by atoms with E-state index < -0.39 is 0 Å². The standard InChI is InChI=1S/C13H25NO/c1-10-5-6-12(8-11(10)2)15-13-4-3-7-14-9-13/h10-14H,3-9H2,1-2H3. The van der Waals surface area contributed by atoms with Crippen molar-refractivity contribution in [3.05, 3.63) is 0 Å². The topological polar surface area (TPSA) is 21.3 Å². The first-order valence-electron chi connectivity index (χ1n) is 6.62. The zero-order valence-corrected chi connectivity index (χ0v) is 10.2. The molecule has 1 N–H and O–H groups in total. The van der Waals surface area contributed by atoms with Gasteiger partial charge < -0.3 is 10.1 Å². The number of hydrogen-bond donors (Lipinski definition) is 1. The Morgan fingerprint density at radius 1 is 1.00 bits per heavy atom. The fourth-order valence-corrected chi connectivity index (χ4v) is 2.83. The number of piperidine rings is 1. The van der Waals surface area contributed by atoms with Crippen LogP contribution in [0.15, 0.2) is 0 Å². The van der Waals surface area contributed by atoms with Gasteiger partial charge in [-0.05, 0) is 50.5 Å². The quantitative estimate of drug-likeness (QED) is 0.758. The Labute approximate surface area is 93.8 Å². The van der Waals surface area contributed by atoms with Gasteiger partial charge in [0, 0.05) is 6.54 Å². The molecule has 2 aliphatic rings. The van der Waals surface area contributed by atoms with Gasteiger partial charge in [-0.1, -0.05) is 13.8 Å². The molecule has 0 aromatic heterocycles. The fraction of sp³-hybridized carbons (Fsp3) is 1.00. The zero-order valence-electron chi connectivity index (χ0n) is 10.2. The van der Waals surface area contributed by atoms with Crippen molar-refractivity contribution >= 4 is 0 Å². The summed E-state index contributed by atoms with van der Waals surface area (Å²) >= 11 is 0. The highest BCUT2D eigenvalue weighted by Gasteiger charge is 2.27. The molecule has 1 aliphatic carbocycles. The van der Waals surface area contributed by atoms with Crippen LogP contribution in [0, 0.1) is 11.8 Å². The van der Waals surface area contributed by atoms with Crippen molar-refractivity contribution in [2.24, 2.45) is 11.8 Å². The first-order valence-corrected chi connectivity index (χ1v) is 6.62. The molecule has 0 aromatic carbocycles. The molecule has 15 heavy (non-hydrogen) atoms. The average molecular weight is 211 g/mol. The van der Waals surface area contributed by atoms with Crippen molar-refractivity contribution in [3.63, 3.8) is 0 Å². The molecule has 2 rings (SSSR count). The van der Waals surface area contributed by atoms with Gasteiger partial charge >= 0.3 is 0 Å². The largest absolute Gasteiger partial charge is 0.374 e. The summed E-state index contributed by atoms with van der Waals surface area (Å²) in [6.45, 7) is 7.00. The average Bonchev–Trinajstić information content (AvgIpc) is 2.25. The van der Waals surface area contributed by atoms with Crippen LogP contribution in [0.4, 0.5) is 0 Å². The van der Waals surface area contributed by atoms with Gasteiger partial charge in [0.2, 0.25) is 0 Å². The lowest BCUT2D eigenvalue weighted by Crippen LogP contribution is -2.39. The van der Waals surface area contributed by atoms with Crippen LogP contribution in [-0.2, 0) is 4.74 Å². The van der Waals surface area contributed by atoms with Gasteiger partial charge in [-0.2, -0.15) is 0 Å². The Morgan fingerprint density at radius 2 is 1.87 bits per heavy atom. The molecule has 0 aromatic rings. The Hall–Kier alpha value is -0.0800. The van der Waals surface area contributed by atoms with Crippen LogP contribution in [0.3, 0.4) is 0 Å². The summed E-state index contributed by atoms with van der Waals surface area (Å²) in [6.07, 6.45) is 7.48. The summed E-state index contributed by atoms with van der Waals surface area (Å²) in [5, 5.41) is 3.42. The lowest BCUT2D eigenvalue weighted by molar-refractivity contribution is -0.0546. The lowest BCUT2D eigenvalue weighted by Gasteiger charge is -2.35. The van der Waals surface area contributed by atoms with Crippen molar-refractivity contribution < 1.29 is 4.74 Å². The maximum absolute atomic E-state index is 6.19. The van der Waals surface area contributed by atoms with Crippen LogP contribution >= 0.6 is 0 Å². The molecule has 0 amide bonds. The molecule has 0 spiro atoms. The Balaban J connectivity index is 1.74. The normalized spacial score (nSPS) is 42.8. The van der Waals surface area contributed by atoms with Gasteiger partial charge in [-0.15, -0.1) is 0 Å². The summed E-state index contributed by atoms with van der Waals surface area (Å²) in [4.78, 5) is 0. The van der Waals surface area contributed by atoms with E-state index in [1.54, 1.807) is 0 Å². The van der Waals surface area contributed by atoms with Crippen molar-refractivity contribution in [2.75, 3.05) is 13.1 Å². The monoisotopic (exact) mass is 211 g/mol. The molecule has 1 saturated heterocycles. The van der Waals surface area contributed by atoms with E-state index in [-0.39, 0.29) is 0 Å². The van der Waals surface area contributed by atoms with Crippen LogP contribution < -0.4 is 5.32 Å². The first kappa shape index (κ1) is 11.4. The Morgan fingerprint density at radius 3 is 2.53 bits per heavy atom. The van der Waals surface area contributed by atoms with Crippen molar-refractivity contribution in [3.8, 4) is 0 Å². The second-order valence-electron chi connectivity index (χ2n) is 5.49. The molecule has 4 unspecified atom stereocenters. The third kappa shape index (κ3) is 3.18. The van der Waals surface area contributed by atoms with Gasteiger partial charge in [0.25, 0.3) is 0 Å². The molecule has 0 bridgehead atoms. The van der Waals surface area contributed by atoms with E-state index >= 15 is 0 Å². The molecule has 4 atom stereocenters. The summed E-state index contributed by atoms with van der Waals surface area (Å²) in [6, 6.07) is 0. The van der Waals surface area contributed by atoms with Gasteiger partial charge in [0.1, 0.15) is 0 Å². The highest BCUT2D eigenvalue weighted by atomic mass is 16.5. The van der Waals surface area contributed by atoms with Crippen LogP contribution in [0.2, 0.25) is 0 Å². The smallest absolute Gasteiger partial charge is 0.0703 e. The van der Waals surface area contributed by atoms with Gasteiger partial charge in [-0.3, -0.25) is 0 Å². The number of ether oxygens (including phenoxy) is 1. The summed E-state index contributed by atoms with van der Waals surface area (Å²) in [5.74, 6) is 1.75. The van der Waals surface area contributed by atoms with Crippen molar-refractivity contribution in [1.82, 2.24) is 5.32 Å². The van der Waals surface area contributed by atoms with E-state index in [4.69, 9.17) is 4.74 Å². The van der Waals surface area contributed by atoms with Gasteiger partial charge in [0.15, 0.2) is 0 Å². The second-order valence-corrected chi connectivity index (χ2v) is 5.49. The molecule has 88 valence electrons. The molecule has 2 fully saturated rings. The SMILES string of the molecule is CC1CCC(OC2CCCNC2)CC1C. The number of hydrogen-bond acceptors (Lipinski definition) is 2. The minimum absolute atomic E-state index is 0.490. The molecule has 1 aliphatic heterocycles. The summed E-state index contributed by atoms with van der Waals surface area (Å²) < 4.78 is 6.19. The molecular formula is C13H25NO. The molecule has 1 saturated carbocycles. The highest BCUT2D eigenvalue weighted by molar-refractivity contribution is 4.78. The highest BCUT2D eigenvalue weighted by Crippen LogP contribution is 2.31. The van der Waals surface area contributed by atoms with E-state index in [0.29, 0.717) is 12.2 Å². The minimum Gasteiger partial charge on any atom is -0.374 e. The van der Waals surface area contributed by atoms with E-state index in [9.17, 15) is 0 Å². The maximum Gasteiger partial charge on any atom is 0.0703 e.